The van der Waals surface area contributed by atoms with E-state index >= 15 is 0 Å². The molecule has 0 bridgehead atoms. The predicted octanol–water partition coefficient (Wildman–Crippen LogP) is 1.86. The average molecular weight is 366 g/mol. The highest BCUT2D eigenvalue weighted by Gasteiger charge is 2.39. The third-order valence-electron chi connectivity index (χ3n) is 2.83. The van der Waals surface area contributed by atoms with Crippen molar-refractivity contribution in [2.75, 3.05) is 0 Å². The molecule has 0 saturated heterocycles. The Hall–Kier alpha value is -1.84. The van der Waals surface area contributed by atoms with Crippen LogP contribution in [0.2, 0.25) is 0 Å². The number of halogens is 4. The molecule has 2 aromatic heterocycles. The summed E-state index contributed by atoms with van der Waals surface area (Å²) in [6.07, 6.45) is -3.07. The molecule has 0 unspecified atom stereocenters. The maximum Gasteiger partial charge on any atom is 0.436 e. The lowest BCUT2D eigenvalue weighted by Gasteiger charge is -2.06. The van der Waals surface area contributed by atoms with Gasteiger partial charge < -0.3 is 5.32 Å². The van der Waals surface area contributed by atoms with Gasteiger partial charge in [-0.1, -0.05) is 0 Å². The zero-order chi connectivity index (χ0) is 15.8. The first-order chi connectivity index (χ1) is 9.71. The average Bonchev–Trinajstić information content (AvgIpc) is 2.90. The summed E-state index contributed by atoms with van der Waals surface area (Å²) >= 11 is 2.79. The summed E-state index contributed by atoms with van der Waals surface area (Å²) in [5, 5.41) is 9.79. The zero-order valence-electron chi connectivity index (χ0n) is 11.1. The van der Waals surface area contributed by atoms with Gasteiger partial charge in [0.1, 0.15) is 5.69 Å². The molecule has 2 rings (SSSR count). The molecule has 114 valence electrons. The Balaban J connectivity index is 2.20. The van der Waals surface area contributed by atoms with Crippen LogP contribution in [0.15, 0.2) is 16.7 Å². The van der Waals surface area contributed by atoms with Gasteiger partial charge in [0.25, 0.3) is 5.91 Å². The van der Waals surface area contributed by atoms with E-state index in [0.717, 1.165) is 10.4 Å². The molecule has 0 aliphatic carbocycles. The van der Waals surface area contributed by atoms with Crippen molar-refractivity contribution in [3.05, 3.63) is 33.8 Å². The number of carbonyl (C=O) groups excluding carboxylic acids is 1. The van der Waals surface area contributed by atoms with Crippen LogP contribution in [0.3, 0.4) is 0 Å². The molecule has 6 nitrogen and oxygen atoms in total. The van der Waals surface area contributed by atoms with Gasteiger partial charge in [-0.15, -0.1) is 0 Å². The fraction of sp³-hybridized carbons (Fsp3) is 0.364. The first kappa shape index (κ1) is 15.5. The van der Waals surface area contributed by atoms with Crippen molar-refractivity contribution >= 4 is 21.8 Å². The van der Waals surface area contributed by atoms with E-state index in [1.54, 1.807) is 24.0 Å². The van der Waals surface area contributed by atoms with Crippen LogP contribution < -0.4 is 5.32 Å². The molecule has 0 spiro atoms. The molecule has 10 heteroatoms. The van der Waals surface area contributed by atoms with E-state index < -0.39 is 17.8 Å². The van der Waals surface area contributed by atoms with Gasteiger partial charge in [0.05, 0.1) is 16.7 Å². The van der Waals surface area contributed by atoms with Crippen molar-refractivity contribution in [3.63, 3.8) is 0 Å². The lowest BCUT2D eigenvalue weighted by atomic mass is 10.3. The highest BCUT2D eigenvalue weighted by molar-refractivity contribution is 9.10. The summed E-state index contributed by atoms with van der Waals surface area (Å²) in [5.74, 6) is -0.659. The number of nitrogens with one attached hydrogen (secondary N) is 1. The van der Waals surface area contributed by atoms with Crippen LogP contribution in [-0.4, -0.2) is 25.5 Å². The minimum Gasteiger partial charge on any atom is -0.345 e. The molecule has 0 aromatic carbocycles. The quantitative estimate of drug-likeness (QED) is 0.902. The van der Waals surface area contributed by atoms with E-state index in [0.29, 0.717) is 0 Å². The van der Waals surface area contributed by atoms with Crippen molar-refractivity contribution in [1.29, 1.82) is 0 Å². The number of hydrogen-bond acceptors (Lipinski definition) is 3. The second kappa shape index (κ2) is 5.51. The van der Waals surface area contributed by atoms with E-state index in [2.05, 4.69) is 31.4 Å². The van der Waals surface area contributed by atoms with Gasteiger partial charge in [0.15, 0.2) is 5.69 Å². The van der Waals surface area contributed by atoms with E-state index in [1.807, 2.05) is 0 Å². The molecule has 2 aromatic rings. The number of aryl methyl sites for hydroxylation is 2. The molecule has 0 fully saturated rings. The molecular weight excluding hydrogens is 355 g/mol. The van der Waals surface area contributed by atoms with Crippen molar-refractivity contribution in [2.24, 2.45) is 14.1 Å². The van der Waals surface area contributed by atoms with Gasteiger partial charge in [-0.3, -0.25) is 14.2 Å². The molecule has 0 radical (unpaired) electrons. The summed E-state index contributed by atoms with van der Waals surface area (Å²) in [5.41, 5.74) is -0.599. The Kier molecular flexibility index (Phi) is 4.08. The largest absolute Gasteiger partial charge is 0.436 e. The summed E-state index contributed by atoms with van der Waals surface area (Å²) in [6, 6.07) is 1.69. The molecule has 0 saturated carbocycles. The second-order valence-corrected chi connectivity index (χ2v) is 5.05. The molecule has 1 amide bonds. The highest BCUT2D eigenvalue weighted by Crippen LogP contribution is 2.35. The van der Waals surface area contributed by atoms with Gasteiger partial charge in [0.2, 0.25) is 0 Å². The monoisotopic (exact) mass is 365 g/mol. The number of rotatable bonds is 3. The Morgan fingerprint density at radius 3 is 2.52 bits per heavy atom. The lowest BCUT2D eigenvalue weighted by molar-refractivity contribution is -0.142. The number of carbonyl (C=O) groups is 1. The molecule has 0 aliphatic heterocycles. The number of aromatic nitrogens is 4. The van der Waals surface area contributed by atoms with Crippen LogP contribution in [0.25, 0.3) is 0 Å². The first-order valence-corrected chi connectivity index (χ1v) is 6.56. The molecule has 2 heterocycles. The van der Waals surface area contributed by atoms with Crippen LogP contribution in [0.4, 0.5) is 13.2 Å². The van der Waals surface area contributed by atoms with Crippen LogP contribution in [-0.2, 0) is 26.8 Å². The molecule has 1 N–H and O–H groups in total. The lowest BCUT2D eigenvalue weighted by Crippen LogP contribution is -2.26. The smallest absolute Gasteiger partial charge is 0.345 e. The van der Waals surface area contributed by atoms with E-state index in [1.165, 1.54) is 7.05 Å². The van der Waals surface area contributed by atoms with E-state index in [4.69, 9.17) is 0 Å². The third kappa shape index (κ3) is 3.09. The molecule has 0 atom stereocenters. The summed E-state index contributed by atoms with van der Waals surface area (Å²) < 4.78 is 40.2. The standard InChI is InChI=1S/C11H11BrF3N5O/c1-19-6(3-4-17-19)5-16-10(21)8-7(12)9(11(13,14)15)18-20(8)2/h3-4H,5H2,1-2H3,(H,16,21). The van der Waals surface area contributed by atoms with Gasteiger partial charge in [0, 0.05) is 20.3 Å². The van der Waals surface area contributed by atoms with Gasteiger partial charge in [-0.2, -0.15) is 23.4 Å². The third-order valence-corrected chi connectivity index (χ3v) is 3.58. The predicted molar refractivity (Wildman–Crippen MR) is 70.3 cm³/mol. The SMILES string of the molecule is Cn1nccc1CNC(=O)c1c(Br)c(C(F)(F)F)nn1C. The summed E-state index contributed by atoms with van der Waals surface area (Å²) in [7, 11) is 2.97. The Morgan fingerprint density at radius 2 is 2.05 bits per heavy atom. The van der Waals surface area contributed by atoms with E-state index in [9.17, 15) is 18.0 Å². The zero-order valence-corrected chi connectivity index (χ0v) is 12.7. The number of nitrogens with zero attached hydrogens (tertiary/aromatic N) is 4. The number of hydrogen-bond donors (Lipinski definition) is 1. The van der Waals surface area contributed by atoms with Crippen LogP contribution >= 0.6 is 15.9 Å². The van der Waals surface area contributed by atoms with Gasteiger partial charge in [-0.25, -0.2) is 0 Å². The summed E-state index contributed by atoms with van der Waals surface area (Å²) in [6.45, 7) is 0.147. The van der Waals surface area contributed by atoms with Gasteiger partial charge >= 0.3 is 6.18 Å². The maximum atomic E-state index is 12.7. The van der Waals surface area contributed by atoms with E-state index in [-0.39, 0.29) is 16.7 Å². The van der Waals surface area contributed by atoms with Crippen LogP contribution in [0.1, 0.15) is 21.9 Å². The van der Waals surface area contributed by atoms with Crippen molar-refractivity contribution in [2.45, 2.75) is 12.7 Å². The number of amides is 1. The second-order valence-electron chi connectivity index (χ2n) is 4.26. The molecule has 21 heavy (non-hydrogen) atoms. The Labute approximate surface area is 126 Å². The summed E-state index contributed by atoms with van der Waals surface area (Å²) in [4.78, 5) is 12.0. The van der Waals surface area contributed by atoms with Gasteiger partial charge in [-0.05, 0) is 22.0 Å². The molecule has 0 aliphatic rings. The maximum absolute atomic E-state index is 12.7. The number of alkyl halides is 3. The molecular formula is C11H11BrF3N5O. The highest BCUT2D eigenvalue weighted by atomic mass is 79.9. The fourth-order valence-corrected chi connectivity index (χ4v) is 2.50. The normalized spacial score (nSPS) is 11.7. The van der Waals surface area contributed by atoms with Crippen LogP contribution in [0.5, 0.6) is 0 Å². The fourth-order valence-electron chi connectivity index (χ4n) is 1.76. The minimum atomic E-state index is -4.63. The topological polar surface area (TPSA) is 64.7 Å². The Bertz CT molecular complexity index is 676. The van der Waals surface area contributed by atoms with Crippen molar-refractivity contribution in [3.8, 4) is 0 Å². The van der Waals surface area contributed by atoms with Crippen molar-refractivity contribution < 1.29 is 18.0 Å². The van der Waals surface area contributed by atoms with Crippen molar-refractivity contribution in [1.82, 2.24) is 24.9 Å². The Morgan fingerprint density at radius 1 is 1.38 bits per heavy atom. The minimum absolute atomic E-state index is 0.147. The van der Waals surface area contributed by atoms with Crippen LogP contribution in [0, 0.1) is 0 Å². The first-order valence-electron chi connectivity index (χ1n) is 5.76.